The number of benzene rings is 2. The molecule has 0 heterocycles. The lowest BCUT2D eigenvalue weighted by atomic mass is 10.2. The third-order valence-electron chi connectivity index (χ3n) is 3.66. The number of nitro benzene ring substituents is 1. The fourth-order valence-electron chi connectivity index (χ4n) is 2.40. The summed E-state index contributed by atoms with van der Waals surface area (Å²) in [5.74, 6) is 0.0899. The van der Waals surface area contributed by atoms with E-state index in [-0.39, 0.29) is 17.3 Å². The molecule has 0 aliphatic heterocycles. The Hall–Kier alpha value is -3.09. The van der Waals surface area contributed by atoms with E-state index in [0.29, 0.717) is 12.3 Å². The van der Waals surface area contributed by atoms with E-state index in [2.05, 4.69) is 0 Å². The Labute approximate surface area is 145 Å². The summed E-state index contributed by atoms with van der Waals surface area (Å²) in [4.78, 5) is 24.9. The predicted octanol–water partition coefficient (Wildman–Crippen LogP) is 3.42. The van der Waals surface area contributed by atoms with E-state index in [1.165, 1.54) is 19.2 Å². The van der Waals surface area contributed by atoms with E-state index >= 15 is 0 Å². The van der Waals surface area contributed by atoms with Gasteiger partial charge >= 0.3 is 5.69 Å². The summed E-state index contributed by atoms with van der Waals surface area (Å²) in [7, 11) is 1.42. The van der Waals surface area contributed by atoms with Gasteiger partial charge in [0.2, 0.25) is 0 Å². The van der Waals surface area contributed by atoms with Crippen molar-refractivity contribution in [3.05, 3.63) is 58.6 Å². The average Bonchev–Trinajstić information content (AvgIpc) is 2.63. The number of hydrogen-bond acceptors (Lipinski definition) is 5. The highest BCUT2D eigenvalue weighted by Gasteiger charge is 2.25. The number of methoxy groups -OCH3 is 1. The average molecular weight is 344 g/mol. The maximum Gasteiger partial charge on any atom is 0.314 e. The molecular formula is C18H20N2O5. The number of nitro groups is 1. The molecular weight excluding hydrogens is 324 g/mol. The maximum absolute atomic E-state index is 12.7. The molecule has 0 spiro atoms. The Morgan fingerprint density at radius 3 is 2.48 bits per heavy atom. The number of likely N-dealkylation sites (N-methyl/N-ethyl adjacent to an activating group) is 1. The first-order valence-electron chi connectivity index (χ1n) is 7.83. The van der Waals surface area contributed by atoms with Gasteiger partial charge in [-0.1, -0.05) is 18.2 Å². The van der Waals surface area contributed by atoms with Gasteiger partial charge in [-0.05, 0) is 38.1 Å². The van der Waals surface area contributed by atoms with E-state index in [4.69, 9.17) is 9.47 Å². The molecule has 0 radical (unpaired) electrons. The quantitative estimate of drug-likeness (QED) is 0.568. The van der Waals surface area contributed by atoms with Crippen LogP contribution in [0.25, 0.3) is 0 Å². The first-order valence-corrected chi connectivity index (χ1v) is 7.83. The van der Waals surface area contributed by atoms with Gasteiger partial charge in [0.1, 0.15) is 5.75 Å². The summed E-state index contributed by atoms with van der Waals surface area (Å²) in [6, 6.07) is 13.4. The normalized spacial score (nSPS) is 11.5. The van der Waals surface area contributed by atoms with Crippen LogP contribution in [0, 0.1) is 10.1 Å². The summed E-state index contributed by atoms with van der Waals surface area (Å²) in [5.41, 5.74) is 0.497. The van der Waals surface area contributed by atoms with Crippen molar-refractivity contribution in [3.63, 3.8) is 0 Å². The first-order chi connectivity index (χ1) is 12.0. The van der Waals surface area contributed by atoms with Gasteiger partial charge in [-0.25, -0.2) is 0 Å². The van der Waals surface area contributed by atoms with Gasteiger partial charge in [-0.2, -0.15) is 0 Å². The van der Waals surface area contributed by atoms with Crippen molar-refractivity contribution in [1.29, 1.82) is 0 Å². The molecule has 1 atom stereocenters. The van der Waals surface area contributed by atoms with E-state index in [0.717, 1.165) is 5.69 Å². The minimum absolute atomic E-state index is 0.0239. The molecule has 0 unspecified atom stereocenters. The molecule has 7 heteroatoms. The topological polar surface area (TPSA) is 81.9 Å². The molecule has 0 N–H and O–H groups in total. The molecule has 2 rings (SSSR count). The summed E-state index contributed by atoms with van der Waals surface area (Å²) in [6.07, 6.45) is -0.882. The number of amides is 1. The first kappa shape index (κ1) is 18.3. The molecule has 7 nitrogen and oxygen atoms in total. The third-order valence-corrected chi connectivity index (χ3v) is 3.66. The van der Waals surface area contributed by atoms with Crippen molar-refractivity contribution in [1.82, 2.24) is 0 Å². The Kier molecular flexibility index (Phi) is 5.94. The van der Waals surface area contributed by atoms with Crippen molar-refractivity contribution >= 4 is 17.3 Å². The molecule has 1 amide bonds. The second-order valence-corrected chi connectivity index (χ2v) is 5.27. The second-order valence-electron chi connectivity index (χ2n) is 5.27. The minimum atomic E-state index is -0.882. The lowest BCUT2D eigenvalue weighted by Crippen LogP contribution is -2.40. The van der Waals surface area contributed by atoms with Gasteiger partial charge in [0.25, 0.3) is 5.91 Å². The van der Waals surface area contributed by atoms with Crippen LogP contribution in [-0.4, -0.2) is 30.6 Å². The number of hydrogen-bond donors (Lipinski definition) is 0. The number of rotatable bonds is 7. The number of para-hydroxylation sites is 1. The summed E-state index contributed by atoms with van der Waals surface area (Å²) in [6.45, 7) is 3.89. The summed E-state index contributed by atoms with van der Waals surface area (Å²) in [5, 5.41) is 11.2. The van der Waals surface area contributed by atoms with Gasteiger partial charge < -0.3 is 14.4 Å². The number of carbonyl (C=O) groups is 1. The van der Waals surface area contributed by atoms with E-state index < -0.39 is 11.0 Å². The van der Waals surface area contributed by atoms with Gasteiger partial charge in [-0.15, -0.1) is 0 Å². The molecule has 2 aromatic carbocycles. The van der Waals surface area contributed by atoms with Crippen LogP contribution in [0.1, 0.15) is 13.8 Å². The fraction of sp³-hybridized carbons (Fsp3) is 0.278. The molecule has 0 aliphatic rings. The lowest BCUT2D eigenvalue weighted by molar-refractivity contribution is -0.386. The molecule has 2 aromatic rings. The molecule has 0 bridgehead atoms. The fourth-order valence-corrected chi connectivity index (χ4v) is 2.40. The van der Waals surface area contributed by atoms with Crippen LogP contribution in [0.3, 0.4) is 0 Å². The molecule has 25 heavy (non-hydrogen) atoms. The predicted molar refractivity (Wildman–Crippen MR) is 94.2 cm³/mol. The van der Waals surface area contributed by atoms with Gasteiger partial charge in [-0.3, -0.25) is 14.9 Å². The number of nitrogens with zero attached hydrogens (tertiary/aromatic N) is 2. The third kappa shape index (κ3) is 4.26. The lowest BCUT2D eigenvalue weighted by Gasteiger charge is -2.25. The van der Waals surface area contributed by atoms with E-state index in [1.807, 2.05) is 37.3 Å². The van der Waals surface area contributed by atoms with Gasteiger partial charge in [0.05, 0.1) is 18.1 Å². The summed E-state index contributed by atoms with van der Waals surface area (Å²) < 4.78 is 10.6. The van der Waals surface area contributed by atoms with Crippen LogP contribution in [0.15, 0.2) is 48.5 Å². The molecule has 0 fully saturated rings. The van der Waals surface area contributed by atoms with Crippen molar-refractivity contribution in [3.8, 4) is 11.5 Å². The molecule has 0 aromatic heterocycles. The van der Waals surface area contributed by atoms with Crippen LogP contribution in [-0.2, 0) is 4.79 Å². The van der Waals surface area contributed by atoms with Crippen LogP contribution in [0.5, 0.6) is 11.5 Å². The van der Waals surface area contributed by atoms with E-state index in [1.54, 1.807) is 17.9 Å². The zero-order valence-corrected chi connectivity index (χ0v) is 14.3. The van der Waals surface area contributed by atoms with Crippen molar-refractivity contribution in [2.24, 2.45) is 0 Å². The Morgan fingerprint density at radius 1 is 1.24 bits per heavy atom. The molecule has 0 saturated carbocycles. The molecule has 0 saturated heterocycles. The van der Waals surface area contributed by atoms with Crippen molar-refractivity contribution in [2.75, 3.05) is 18.6 Å². The standard InChI is InChI=1S/C18H20N2O5/c1-4-19(14-8-6-5-7-9-14)18(21)13(2)25-17-11-10-15(24-3)12-16(17)20(22)23/h5-13H,4H2,1-3H3/t13-/m0/s1. The monoisotopic (exact) mass is 344 g/mol. The Bertz CT molecular complexity index is 748. The minimum Gasteiger partial charge on any atom is -0.496 e. The molecule has 0 aliphatic carbocycles. The number of anilines is 1. The Morgan fingerprint density at radius 2 is 1.92 bits per heavy atom. The van der Waals surface area contributed by atoms with Gasteiger partial charge in [0, 0.05) is 12.2 Å². The van der Waals surface area contributed by atoms with E-state index in [9.17, 15) is 14.9 Å². The summed E-state index contributed by atoms with van der Waals surface area (Å²) >= 11 is 0. The smallest absolute Gasteiger partial charge is 0.314 e. The highest BCUT2D eigenvalue weighted by Crippen LogP contribution is 2.32. The number of carbonyl (C=O) groups excluding carboxylic acids is 1. The van der Waals surface area contributed by atoms with Crippen molar-refractivity contribution < 1.29 is 19.2 Å². The second kappa shape index (κ2) is 8.14. The van der Waals surface area contributed by atoms with Crippen LogP contribution in [0.4, 0.5) is 11.4 Å². The highest BCUT2D eigenvalue weighted by molar-refractivity contribution is 5.96. The van der Waals surface area contributed by atoms with Crippen LogP contribution in [0.2, 0.25) is 0 Å². The highest BCUT2D eigenvalue weighted by atomic mass is 16.6. The maximum atomic E-state index is 12.7. The van der Waals surface area contributed by atoms with Gasteiger partial charge in [0.15, 0.2) is 11.9 Å². The van der Waals surface area contributed by atoms with Crippen LogP contribution < -0.4 is 14.4 Å². The Balaban J connectivity index is 2.22. The van der Waals surface area contributed by atoms with Crippen molar-refractivity contribution in [2.45, 2.75) is 20.0 Å². The van der Waals surface area contributed by atoms with Crippen LogP contribution >= 0.6 is 0 Å². The number of ether oxygens (including phenoxy) is 2. The SMILES string of the molecule is CCN(C(=O)[C@H](C)Oc1ccc(OC)cc1[N+](=O)[O-])c1ccccc1. The zero-order valence-electron chi connectivity index (χ0n) is 14.3. The molecule has 132 valence electrons. The largest absolute Gasteiger partial charge is 0.496 e. The zero-order chi connectivity index (χ0) is 18.4.